The first-order chi connectivity index (χ1) is 9.63. The lowest BCUT2D eigenvalue weighted by Gasteiger charge is -2.35. The Labute approximate surface area is 116 Å². The standard InChI is InChI=1S/C13H17N3O4/c1-2-14-12(17)10-8-20-6-5-16(10)11-7-9(13(18)19)3-4-15-11/h3-4,7,10H,2,5-6,8H2,1H3,(H,14,17)(H,18,19). The number of likely N-dealkylation sites (N-methyl/N-ethyl adjacent to an activating group) is 1. The van der Waals surface area contributed by atoms with Crippen LogP contribution in [0.2, 0.25) is 0 Å². The van der Waals surface area contributed by atoms with Crippen LogP contribution in [0.1, 0.15) is 17.3 Å². The number of anilines is 1. The topological polar surface area (TPSA) is 91.8 Å². The van der Waals surface area contributed by atoms with Gasteiger partial charge in [-0.15, -0.1) is 0 Å². The molecular formula is C13H17N3O4. The predicted octanol–water partition coefficient (Wildman–Crippen LogP) is 0.121. The summed E-state index contributed by atoms with van der Waals surface area (Å²) >= 11 is 0. The van der Waals surface area contributed by atoms with Crippen molar-refractivity contribution in [2.75, 3.05) is 31.2 Å². The number of carbonyl (C=O) groups is 2. The van der Waals surface area contributed by atoms with Crippen molar-refractivity contribution in [3.63, 3.8) is 0 Å². The van der Waals surface area contributed by atoms with E-state index in [1.54, 1.807) is 4.90 Å². The quantitative estimate of drug-likeness (QED) is 0.813. The van der Waals surface area contributed by atoms with Crippen LogP contribution in [-0.2, 0) is 9.53 Å². The highest BCUT2D eigenvalue weighted by atomic mass is 16.5. The minimum absolute atomic E-state index is 0.144. The maximum Gasteiger partial charge on any atom is 0.335 e. The van der Waals surface area contributed by atoms with Gasteiger partial charge < -0.3 is 20.1 Å². The van der Waals surface area contributed by atoms with Gasteiger partial charge in [-0.25, -0.2) is 9.78 Å². The highest BCUT2D eigenvalue weighted by Gasteiger charge is 2.30. The summed E-state index contributed by atoms with van der Waals surface area (Å²) in [7, 11) is 0. The van der Waals surface area contributed by atoms with E-state index in [-0.39, 0.29) is 18.1 Å². The first-order valence-electron chi connectivity index (χ1n) is 6.45. The summed E-state index contributed by atoms with van der Waals surface area (Å²) in [6.07, 6.45) is 1.43. The highest BCUT2D eigenvalue weighted by molar-refractivity contribution is 5.89. The number of pyridine rings is 1. The molecule has 1 aromatic heterocycles. The first kappa shape index (κ1) is 14.3. The van der Waals surface area contributed by atoms with Crippen LogP contribution in [0.25, 0.3) is 0 Å². The fourth-order valence-corrected chi connectivity index (χ4v) is 2.10. The number of nitrogens with zero attached hydrogens (tertiary/aromatic N) is 2. The van der Waals surface area contributed by atoms with Crippen LogP contribution in [0.4, 0.5) is 5.82 Å². The minimum Gasteiger partial charge on any atom is -0.478 e. The van der Waals surface area contributed by atoms with Crippen molar-refractivity contribution >= 4 is 17.7 Å². The number of aromatic carboxylic acids is 1. The Morgan fingerprint density at radius 3 is 3.10 bits per heavy atom. The van der Waals surface area contributed by atoms with Gasteiger partial charge in [-0.1, -0.05) is 0 Å². The lowest BCUT2D eigenvalue weighted by molar-refractivity contribution is -0.124. The summed E-state index contributed by atoms with van der Waals surface area (Å²) in [5, 5.41) is 11.8. The lowest BCUT2D eigenvalue weighted by atomic mass is 10.2. The number of carbonyl (C=O) groups excluding carboxylic acids is 1. The van der Waals surface area contributed by atoms with Crippen molar-refractivity contribution < 1.29 is 19.4 Å². The van der Waals surface area contributed by atoms with Gasteiger partial charge >= 0.3 is 5.97 Å². The van der Waals surface area contributed by atoms with E-state index in [2.05, 4.69) is 10.3 Å². The van der Waals surface area contributed by atoms with E-state index < -0.39 is 12.0 Å². The molecule has 0 aromatic carbocycles. The summed E-state index contributed by atoms with van der Waals surface area (Å²) in [5.74, 6) is -0.685. The molecule has 0 spiro atoms. The van der Waals surface area contributed by atoms with E-state index in [9.17, 15) is 9.59 Å². The van der Waals surface area contributed by atoms with Gasteiger partial charge in [0.15, 0.2) is 0 Å². The Morgan fingerprint density at radius 1 is 1.60 bits per heavy atom. The highest BCUT2D eigenvalue weighted by Crippen LogP contribution is 2.18. The molecule has 2 rings (SSSR count). The number of ether oxygens (including phenoxy) is 1. The monoisotopic (exact) mass is 279 g/mol. The molecule has 1 amide bonds. The molecule has 1 saturated heterocycles. The fraction of sp³-hybridized carbons (Fsp3) is 0.462. The van der Waals surface area contributed by atoms with Crippen molar-refractivity contribution in [2.45, 2.75) is 13.0 Å². The zero-order valence-electron chi connectivity index (χ0n) is 11.2. The Bertz CT molecular complexity index is 506. The second-order valence-electron chi connectivity index (χ2n) is 4.39. The third-order valence-electron chi connectivity index (χ3n) is 3.07. The van der Waals surface area contributed by atoms with Gasteiger partial charge in [0.1, 0.15) is 11.9 Å². The van der Waals surface area contributed by atoms with Crippen molar-refractivity contribution in [3.05, 3.63) is 23.9 Å². The van der Waals surface area contributed by atoms with Crippen molar-refractivity contribution in [1.82, 2.24) is 10.3 Å². The molecule has 0 radical (unpaired) electrons. The molecule has 0 bridgehead atoms. The number of hydrogen-bond acceptors (Lipinski definition) is 5. The van der Waals surface area contributed by atoms with E-state index >= 15 is 0 Å². The molecule has 2 N–H and O–H groups in total. The van der Waals surface area contributed by atoms with Gasteiger partial charge in [-0.05, 0) is 19.1 Å². The second kappa shape index (κ2) is 6.33. The maximum atomic E-state index is 12.0. The number of rotatable bonds is 4. The van der Waals surface area contributed by atoms with Crippen LogP contribution in [0, 0.1) is 0 Å². The Kier molecular flexibility index (Phi) is 4.52. The molecule has 1 aliphatic rings. The largest absolute Gasteiger partial charge is 0.478 e. The summed E-state index contributed by atoms with van der Waals surface area (Å²) in [4.78, 5) is 29.0. The second-order valence-corrected chi connectivity index (χ2v) is 4.39. The molecule has 20 heavy (non-hydrogen) atoms. The van der Waals surface area contributed by atoms with Crippen molar-refractivity contribution in [3.8, 4) is 0 Å². The number of amides is 1. The maximum absolute atomic E-state index is 12.0. The van der Waals surface area contributed by atoms with Crippen LogP contribution in [-0.4, -0.2) is 54.3 Å². The van der Waals surface area contributed by atoms with Crippen molar-refractivity contribution in [1.29, 1.82) is 0 Å². The number of carboxylic acids is 1. The van der Waals surface area contributed by atoms with Crippen molar-refractivity contribution in [2.24, 2.45) is 0 Å². The number of aromatic nitrogens is 1. The number of morpholine rings is 1. The zero-order chi connectivity index (χ0) is 14.5. The molecule has 108 valence electrons. The average molecular weight is 279 g/mol. The van der Waals surface area contributed by atoms with Crippen LogP contribution < -0.4 is 10.2 Å². The summed E-state index contributed by atoms with van der Waals surface area (Å²) in [5.41, 5.74) is 0.149. The molecule has 2 heterocycles. The fourth-order valence-electron chi connectivity index (χ4n) is 2.10. The predicted molar refractivity (Wildman–Crippen MR) is 71.8 cm³/mol. The lowest BCUT2D eigenvalue weighted by Crippen LogP contribution is -2.54. The molecule has 7 heteroatoms. The van der Waals surface area contributed by atoms with E-state index in [1.807, 2.05) is 6.92 Å². The molecule has 1 unspecified atom stereocenters. The van der Waals surface area contributed by atoms with E-state index in [4.69, 9.17) is 9.84 Å². The number of nitrogens with one attached hydrogen (secondary N) is 1. The number of hydrogen-bond donors (Lipinski definition) is 2. The smallest absolute Gasteiger partial charge is 0.335 e. The summed E-state index contributed by atoms with van der Waals surface area (Å²) in [6, 6.07) is 2.41. The molecule has 1 atom stereocenters. The molecule has 0 aliphatic carbocycles. The van der Waals surface area contributed by atoms with E-state index in [0.29, 0.717) is 25.5 Å². The van der Waals surface area contributed by atoms with Crippen LogP contribution in [0.15, 0.2) is 18.3 Å². The summed E-state index contributed by atoms with van der Waals surface area (Å²) < 4.78 is 5.33. The van der Waals surface area contributed by atoms with Crippen LogP contribution >= 0.6 is 0 Å². The van der Waals surface area contributed by atoms with E-state index in [0.717, 1.165) is 0 Å². The van der Waals surface area contributed by atoms with E-state index in [1.165, 1.54) is 18.3 Å². The molecule has 7 nitrogen and oxygen atoms in total. The van der Waals surface area contributed by atoms with Gasteiger partial charge in [0, 0.05) is 19.3 Å². The van der Waals surface area contributed by atoms with Gasteiger partial charge in [0.2, 0.25) is 5.91 Å². The minimum atomic E-state index is -1.02. The zero-order valence-corrected chi connectivity index (χ0v) is 11.2. The Hall–Kier alpha value is -2.15. The molecule has 1 fully saturated rings. The summed E-state index contributed by atoms with van der Waals surface area (Å²) in [6.45, 7) is 3.62. The Morgan fingerprint density at radius 2 is 2.40 bits per heavy atom. The van der Waals surface area contributed by atoms with Crippen LogP contribution in [0.5, 0.6) is 0 Å². The average Bonchev–Trinajstić information content (AvgIpc) is 2.47. The van der Waals surface area contributed by atoms with Gasteiger partial charge in [0.05, 0.1) is 18.8 Å². The Balaban J connectivity index is 2.25. The van der Waals surface area contributed by atoms with Crippen LogP contribution in [0.3, 0.4) is 0 Å². The number of carboxylic acid groups (broad SMARTS) is 1. The first-order valence-corrected chi connectivity index (χ1v) is 6.45. The van der Waals surface area contributed by atoms with Gasteiger partial charge in [0.25, 0.3) is 0 Å². The third-order valence-corrected chi connectivity index (χ3v) is 3.07. The third kappa shape index (κ3) is 3.05. The SMILES string of the molecule is CCNC(=O)C1COCCN1c1cc(C(=O)O)ccn1. The molecule has 1 aliphatic heterocycles. The molecule has 0 saturated carbocycles. The molecular weight excluding hydrogens is 262 g/mol. The van der Waals surface area contributed by atoms with Gasteiger partial charge in [-0.2, -0.15) is 0 Å². The van der Waals surface area contributed by atoms with Gasteiger partial charge in [-0.3, -0.25) is 4.79 Å². The normalized spacial score (nSPS) is 18.6. The molecule has 1 aromatic rings.